The van der Waals surface area contributed by atoms with Gasteiger partial charge >= 0.3 is 0 Å². The molecule has 0 spiro atoms. The molecule has 4 aromatic rings. The first-order valence-electron chi connectivity index (χ1n) is 10.7. The Balaban J connectivity index is 1.45. The number of nitrogens with one attached hydrogen (secondary N) is 3. The molecule has 1 saturated carbocycles. The lowest BCUT2D eigenvalue weighted by Crippen LogP contribution is -2.36. The van der Waals surface area contributed by atoms with E-state index in [0.29, 0.717) is 0 Å². The first kappa shape index (κ1) is 23.3. The Labute approximate surface area is 199 Å². The Kier molecular flexibility index (Phi) is 5.58. The summed E-state index contributed by atoms with van der Waals surface area (Å²) >= 11 is 6.14. The maximum absolute atomic E-state index is 15.3. The van der Waals surface area contributed by atoms with E-state index in [1.165, 1.54) is 18.3 Å². The number of rotatable bonds is 5. The molecule has 0 saturated heterocycles. The number of aromatic nitrogens is 1. The summed E-state index contributed by atoms with van der Waals surface area (Å²) in [6.45, 7) is 0. The van der Waals surface area contributed by atoms with Crippen LogP contribution in [-0.4, -0.2) is 10.9 Å². The molecule has 0 bridgehead atoms. The lowest BCUT2D eigenvalue weighted by atomic mass is 9.82. The van der Waals surface area contributed by atoms with Gasteiger partial charge < -0.3 is 15.6 Å². The van der Waals surface area contributed by atoms with E-state index in [1.54, 1.807) is 0 Å². The maximum Gasteiger partial charge on any atom is 0.253 e. The predicted molar refractivity (Wildman–Crippen MR) is 124 cm³/mol. The lowest BCUT2D eigenvalue weighted by Gasteiger charge is -2.29. The van der Waals surface area contributed by atoms with Crippen LogP contribution in [0.2, 0.25) is 5.02 Å². The summed E-state index contributed by atoms with van der Waals surface area (Å²) in [5.74, 6) is -6.17. The SMILES string of the molecule is O=c1c(Nc2cc(Cl)cc(C3CCC(F)(F)CC3)c2F)c(Nc2c[nH]c3cc(F)c(F)cc23)c1=O. The molecule has 182 valence electrons. The number of halogens is 6. The highest BCUT2D eigenvalue weighted by Crippen LogP contribution is 2.43. The second-order valence-corrected chi connectivity index (χ2v) is 9.10. The fourth-order valence-corrected chi connectivity index (χ4v) is 4.70. The molecule has 1 aliphatic carbocycles. The van der Waals surface area contributed by atoms with Gasteiger partial charge in [0, 0.05) is 35.5 Å². The number of hydrogen-bond acceptors (Lipinski definition) is 4. The molecule has 5 rings (SSSR count). The second kappa shape index (κ2) is 8.37. The molecule has 3 aromatic carbocycles. The minimum atomic E-state index is -2.78. The number of benzene rings is 2. The molecule has 1 aromatic heterocycles. The average molecular weight is 510 g/mol. The fourth-order valence-electron chi connectivity index (χ4n) is 4.47. The van der Waals surface area contributed by atoms with Crippen LogP contribution in [0.5, 0.6) is 0 Å². The molecule has 3 N–H and O–H groups in total. The Morgan fingerprint density at radius 2 is 1.49 bits per heavy atom. The van der Waals surface area contributed by atoms with Crippen LogP contribution in [0.15, 0.2) is 40.1 Å². The normalized spacial score (nSPS) is 16.2. The number of anilines is 4. The summed E-state index contributed by atoms with van der Waals surface area (Å²) in [6.07, 6.45) is 0.783. The molecule has 0 radical (unpaired) electrons. The lowest BCUT2D eigenvalue weighted by molar-refractivity contribution is -0.0384. The monoisotopic (exact) mass is 509 g/mol. The van der Waals surface area contributed by atoms with Crippen molar-refractivity contribution in [3.05, 3.63) is 78.9 Å². The zero-order valence-corrected chi connectivity index (χ0v) is 18.6. The van der Waals surface area contributed by atoms with Crippen molar-refractivity contribution < 1.29 is 22.0 Å². The van der Waals surface area contributed by atoms with Gasteiger partial charge in [-0.15, -0.1) is 0 Å². The van der Waals surface area contributed by atoms with Crippen molar-refractivity contribution in [3.8, 4) is 0 Å². The quantitative estimate of drug-likeness (QED) is 0.209. The molecular formula is C24H17ClF5N3O2. The van der Waals surface area contributed by atoms with Gasteiger partial charge in [0.25, 0.3) is 10.9 Å². The third kappa shape index (κ3) is 4.16. The van der Waals surface area contributed by atoms with Crippen molar-refractivity contribution in [2.24, 2.45) is 0 Å². The Morgan fingerprint density at radius 1 is 0.886 bits per heavy atom. The molecular weight excluding hydrogens is 493 g/mol. The zero-order chi connectivity index (χ0) is 25.1. The molecule has 0 unspecified atom stereocenters. The van der Waals surface area contributed by atoms with E-state index >= 15 is 4.39 Å². The molecule has 1 heterocycles. The molecule has 1 aliphatic rings. The van der Waals surface area contributed by atoms with Crippen molar-refractivity contribution in [1.29, 1.82) is 0 Å². The zero-order valence-electron chi connectivity index (χ0n) is 17.9. The summed E-state index contributed by atoms with van der Waals surface area (Å²) in [5.41, 5.74) is -1.82. The van der Waals surface area contributed by atoms with Crippen molar-refractivity contribution in [3.63, 3.8) is 0 Å². The third-order valence-corrected chi connectivity index (χ3v) is 6.59. The number of H-pyrrole nitrogens is 1. The van der Waals surface area contributed by atoms with E-state index < -0.39 is 40.1 Å². The van der Waals surface area contributed by atoms with Gasteiger partial charge in [-0.2, -0.15) is 0 Å². The maximum atomic E-state index is 15.3. The molecule has 0 atom stereocenters. The van der Waals surface area contributed by atoms with Crippen LogP contribution >= 0.6 is 11.6 Å². The number of hydrogen-bond donors (Lipinski definition) is 3. The molecule has 11 heteroatoms. The van der Waals surface area contributed by atoms with E-state index in [0.717, 1.165) is 12.1 Å². The third-order valence-electron chi connectivity index (χ3n) is 6.37. The minimum absolute atomic E-state index is 0.0777. The standard InChI is InChI=1S/C24H17ClF5N3O2/c25-11-5-12(10-1-3-24(29,30)4-2-10)19(28)17(6-11)32-20-21(23(35)22(20)34)33-18-9-31-16-8-15(27)14(26)7-13(16)18/h5-10,31-33H,1-4H2. The molecule has 5 nitrogen and oxygen atoms in total. The second-order valence-electron chi connectivity index (χ2n) is 8.66. The summed E-state index contributed by atoms with van der Waals surface area (Å²) in [4.78, 5) is 27.2. The van der Waals surface area contributed by atoms with Gasteiger partial charge in [0.2, 0.25) is 5.92 Å². The van der Waals surface area contributed by atoms with Crippen LogP contribution in [0.4, 0.5) is 44.7 Å². The molecule has 1 fully saturated rings. The first-order valence-corrected chi connectivity index (χ1v) is 11.1. The van der Waals surface area contributed by atoms with Crippen LogP contribution in [0.1, 0.15) is 37.2 Å². The van der Waals surface area contributed by atoms with E-state index in [1.807, 2.05) is 0 Å². The summed E-state index contributed by atoms with van der Waals surface area (Å²) in [7, 11) is 0. The van der Waals surface area contributed by atoms with Crippen molar-refractivity contribution in [2.75, 3.05) is 10.6 Å². The van der Waals surface area contributed by atoms with Gasteiger partial charge in [-0.25, -0.2) is 22.0 Å². The Bertz CT molecular complexity index is 1530. The minimum Gasteiger partial charge on any atom is -0.359 e. The first-order chi connectivity index (χ1) is 16.5. The largest absolute Gasteiger partial charge is 0.359 e. The van der Waals surface area contributed by atoms with Gasteiger partial charge in [-0.3, -0.25) is 9.59 Å². The molecule has 35 heavy (non-hydrogen) atoms. The van der Waals surface area contributed by atoms with E-state index in [2.05, 4.69) is 15.6 Å². The van der Waals surface area contributed by atoms with Gasteiger partial charge in [-0.05, 0) is 42.5 Å². The van der Waals surface area contributed by atoms with E-state index in [9.17, 15) is 27.2 Å². The van der Waals surface area contributed by atoms with Gasteiger partial charge in [0.05, 0.1) is 16.9 Å². The molecule has 0 amide bonds. The highest BCUT2D eigenvalue weighted by atomic mass is 35.5. The summed E-state index contributed by atoms with van der Waals surface area (Å²) < 4.78 is 69.6. The van der Waals surface area contributed by atoms with Gasteiger partial charge in [0.1, 0.15) is 17.2 Å². The van der Waals surface area contributed by atoms with Crippen molar-refractivity contribution in [1.82, 2.24) is 4.98 Å². The summed E-state index contributed by atoms with van der Waals surface area (Å²) in [6, 6.07) is 4.47. The van der Waals surface area contributed by atoms with Crippen LogP contribution in [0.25, 0.3) is 10.9 Å². The highest BCUT2D eigenvalue weighted by molar-refractivity contribution is 6.31. The van der Waals surface area contributed by atoms with Crippen molar-refractivity contribution in [2.45, 2.75) is 37.5 Å². The van der Waals surface area contributed by atoms with E-state index in [4.69, 9.17) is 11.6 Å². The predicted octanol–water partition coefficient (Wildman–Crippen LogP) is 6.61. The van der Waals surface area contributed by atoms with Crippen LogP contribution < -0.4 is 21.5 Å². The number of alkyl halides is 2. The Morgan fingerprint density at radius 3 is 2.14 bits per heavy atom. The Hall–Kier alpha value is -3.40. The number of fused-ring (bicyclic) bond motifs is 1. The van der Waals surface area contributed by atoms with Gasteiger partial charge in [0.15, 0.2) is 11.6 Å². The topological polar surface area (TPSA) is 74.0 Å². The van der Waals surface area contributed by atoms with Crippen LogP contribution in [0, 0.1) is 17.5 Å². The average Bonchev–Trinajstić information content (AvgIpc) is 3.19. The molecule has 0 aliphatic heterocycles. The van der Waals surface area contributed by atoms with E-state index in [-0.39, 0.29) is 69.9 Å². The summed E-state index contributed by atoms with van der Waals surface area (Å²) in [5, 5.41) is 5.65. The fraction of sp³-hybridized carbons (Fsp3) is 0.250. The number of aromatic amines is 1. The van der Waals surface area contributed by atoms with Crippen molar-refractivity contribution >= 4 is 45.3 Å². The highest BCUT2D eigenvalue weighted by Gasteiger charge is 2.36. The smallest absolute Gasteiger partial charge is 0.253 e. The van der Waals surface area contributed by atoms with Crippen LogP contribution in [-0.2, 0) is 0 Å². The van der Waals surface area contributed by atoms with Gasteiger partial charge in [-0.1, -0.05) is 11.6 Å². The van der Waals surface area contributed by atoms with Crippen LogP contribution in [0.3, 0.4) is 0 Å².